The van der Waals surface area contributed by atoms with Crippen LogP contribution in [-0.2, 0) is 10.2 Å². The molecule has 0 unspecified atom stereocenters. The predicted molar refractivity (Wildman–Crippen MR) is 89.2 cm³/mol. The van der Waals surface area contributed by atoms with Gasteiger partial charge in [-0.2, -0.15) is 0 Å². The Kier molecular flexibility index (Phi) is 3.08. The monoisotopic (exact) mass is 300 g/mol. The van der Waals surface area contributed by atoms with E-state index in [0.717, 1.165) is 67.8 Å². The van der Waals surface area contributed by atoms with Gasteiger partial charge in [0.25, 0.3) is 0 Å². The van der Waals surface area contributed by atoms with E-state index in [-0.39, 0.29) is 11.3 Å². The lowest BCUT2D eigenvalue weighted by Gasteiger charge is -2.36. The number of nitrogens with one attached hydrogen (secondary N) is 2. The number of anilines is 3. The van der Waals surface area contributed by atoms with Gasteiger partial charge >= 0.3 is 0 Å². The Morgan fingerprint density at radius 3 is 2.68 bits per heavy atom. The summed E-state index contributed by atoms with van der Waals surface area (Å²) >= 11 is 0. The maximum atomic E-state index is 12.4. The first kappa shape index (κ1) is 13.9. The number of fused-ring (bicyclic) bond motifs is 2. The van der Waals surface area contributed by atoms with Crippen molar-refractivity contribution >= 4 is 23.0 Å². The fraction of sp³-hybridized carbons (Fsp3) is 0.588. The van der Waals surface area contributed by atoms with Crippen molar-refractivity contribution in [2.75, 3.05) is 36.5 Å². The number of likely N-dealkylation sites (tertiary alicyclic amines) is 1. The number of hydrogen-bond acceptors (Lipinski definition) is 4. The molecule has 4 N–H and O–H groups in total. The zero-order valence-corrected chi connectivity index (χ0v) is 13.1. The third kappa shape index (κ3) is 1.99. The molecule has 0 aromatic heterocycles. The van der Waals surface area contributed by atoms with Crippen LogP contribution < -0.4 is 16.4 Å². The number of hydrogen-bond donors (Lipinski definition) is 3. The number of nitrogens with two attached hydrogens (primary N) is 1. The Morgan fingerprint density at radius 2 is 2.05 bits per heavy atom. The van der Waals surface area contributed by atoms with Crippen molar-refractivity contribution in [2.45, 2.75) is 43.6 Å². The summed E-state index contributed by atoms with van der Waals surface area (Å²) in [5.74, 6) is 0.158. The van der Waals surface area contributed by atoms with E-state index in [2.05, 4.69) is 22.6 Å². The van der Waals surface area contributed by atoms with Crippen molar-refractivity contribution in [3.63, 3.8) is 0 Å². The molecule has 22 heavy (non-hydrogen) atoms. The van der Waals surface area contributed by atoms with Crippen LogP contribution in [0.4, 0.5) is 17.1 Å². The predicted octanol–water partition coefficient (Wildman–Crippen LogP) is 2.15. The van der Waals surface area contributed by atoms with Crippen molar-refractivity contribution in [1.29, 1.82) is 0 Å². The molecule has 1 saturated carbocycles. The molecule has 1 saturated heterocycles. The molecular formula is C17H24N4O. The summed E-state index contributed by atoms with van der Waals surface area (Å²) in [6.07, 6.45) is 5.27. The molecule has 5 heteroatoms. The molecule has 118 valence electrons. The molecule has 0 bridgehead atoms. The second-order valence-electron chi connectivity index (χ2n) is 7.10. The average Bonchev–Trinajstić information content (AvgIpc) is 2.73. The van der Waals surface area contributed by atoms with Crippen molar-refractivity contribution in [2.24, 2.45) is 0 Å². The van der Waals surface area contributed by atoms with Gasteiger partial charge in [0.05, 0.1) is 16.8 Å². The molecule has 5 nitrogen and oxygen atoms in total. The molecule has 2 aliphatic heterocycles. The molecule has 0 atom stereocenters. The minimum Gasteiger partial charge on any atom is -0.399 e. The van der Waals surface area contributed by atoms with Crippen molar-refractivity contribution < 1.29 is 4.79 Å². The minimum atomic E-state index is -0.298. The molecule has 1 spiro atoms. The van der Waals surface area contributed by atoms with E-state index in [1.165, 1.54) is 0 Å². The van der Waals surface area contributed by atoms with Gasteiger partial charge in [-0.3, -0.25) is 4.79 Å². The molecule has 1 aromatic carbocycles. The number of carbonyl (C=O) groups excluding carboxylic acids is 1. The molecule has 1 amide bonds. The van der Waals surface area contributed by atoms with Gasteiger partial charge in [-0.05, 0) is 63.5 Å². The summed E-state index contributed by atoms with van der Waals surface area (Å²) in [4.78, 5) is 14.8. The Labute approximate surface area is 131 Å². The third-order valence-electron chi connectivity index (χ3n) is 5.63. The van der Waals surface area contributed by atoms with Crippen LogP contribution in [0.25, 0.3) is 0 Å². The number of amides is 1. The van der Waals surface area contributed by atoms with E-state index >= 15 is 0 Å². The summed E-state index contributed by atoms with van der Waals surface area (Å²) in [6, 6.07) is 4.42. The highest BCUT2D eigenvalue weighted by atomic mass is 16.2. The van der Waals surface area contributed by atoms with Gasteiger partial charge in [0.15, 0.2) is 0 Å². The highest BCUT2D eigenvalue weighted by Gasteiger charge is 2.51. The van der Waals surface area contributed by atoms with E-state index in [1.807, 2.05) is 12.1 Å². The SMILES string of the molecule is CN1CCC(Nc2cc(N)cc3c2NC(=O)C32CCC2)CC1. The van der Waals surface area contributed by atoms with E-state index < -0.39 is 0 Å². The maximum Gasteiger partial charge on any atom is 0.235 e. The first-order chi connectivity index (χ1) is 10.6. The lowest BCUT2D eigenvalue weighted by atomic mass is 9.65. The van der Waals surface area contributed by atoms with Crippen LogP contribution in [0.1, 0.15) is 37.7 Å². The normalized spacial score (nSPS) is 24.0. The second-order valence-corrected chi connectivity index (χ2v) is 7.10. The lowest BCUT2D eigenvalue weighted by Crippen LogP contribution is -2.40. The lowest BCUT2D eigenvalue weighted by molar-refractivity contribution is -0.123. The zero-order valence-electron chi connectivity index (χ0n) is 13.1. The number of nitrogen functional groups attached to an aromatic ring is 1. The minimum absolute atomic E-state index is 0.158. The van der Waals surface area contributed by atoms with Crippen molar-refractivity contribution in [3.8, 4) is 0 Å². The quantitative estimate of drug-likeness (QED) is 0.732. The van der Waals surface area contributed by atoms with E-state index in [4.69, 9.17) is 5.73 Å². The zero-order chi connectivity index (χ0) is 15.3. The molecule has 4 rings (SSSR count). The molecule has 0 radical (unpaired) electrons. The van der Waals surface area contributed by atoms with Gasteiger partial charge in [-0.1, -0.05) is 6.42 Å². The third-order valence-corrected chi connectivity index (χ3v) is 5.63. The smallest absolute Gasteiger partial charge is 0.235 e. The van der Waals surface area contributed by atoms with Crippen LogP contribution in [-0.4, -0.2) is 37.0 Å². The molecule has 2 heterocycles. The molecule has 2 fully saturated rings. The highest BCUT2D eigenvalue weighted by molar-refractivity contribution is 6.10. The van der Waals surface area contributed by atoms with Crippen LogP contribution in [0.15, 0.2) is 12.1 Å². The maximum absolute atomic E-state index is 12.4. The Morgan fingerprint density at radius 1 is 1.32 bits per heavy atom. The first-order valence-corrected chi connectivity index (χ1v) is 8.29. The van der Waals surface area contributed by atoms with Crippen LogP contribution in [0.2, 0.25) is 0 Å². The number of benzene rings is 1. The Bertz CT molecular complexity index is 615. The van der Waals surface area contributed by atoms with Crippen LogP contribution >= 0.6 is 0 Å². The van der Waals surface area contributed by atoms with E-state index in [9.17, 15) is 4.79 Å². The fourth-order valence-electron chi connectivity index (χ4n) is 4.05. The largest absolute Gasteiger partial charge is 0.399 e. The first-order valence-electron chi connectivity index (χ1n) is 8.29. The second kappa shape index (κ2) is 4.88. The molecule has 3 aliphatic rings. The fourth-order valence-corrected chi connectivity index (χ4v) is 4.05. The van der Waals surface area contributed by atoms with Gasteiger partial charge in [0, 0.05) is 11.7 Å². The Balaban J connectivity index is 1.64. The number of carbonyl (C=O) groups is 1. The summed E-state index contributed by atoms with van der Waals surface area (Å²) < 4.78 is 0. The number of rotatable bonds is 2. The van der Waals surface area contributed by atoms with Crippen LogP contribution in [0.3, 0.4) is 0 Å². The highest BCUT2D eigenvalue weighted by Crippen LogP contribution is 2.53. The van der Waals surface area contributed by atoms with Crippen LogP contribution in [0, 0.1) is 0 Å². The van der Waals surface area contributed by atoms with E-state index in [1.54, 1.807) is 0 Å². The van der Waals surface area contributed by atoms with Crippen LogP contribution in [0.5, 0.6) is 0 Å². The van der Waals surface area contributed by atoms with Gasteiger partial charge in [0.2, 0.25) is 5.91 Å². The van der Waals surface area contributed by atoms with Gasteiger partial charge in [-0.15, -0.1) is 0 Å². The summed E-state index contributed by atoms with van der Waals surface area (Å²) in [5.41, 5.74) is 9.65. The topological polar surface area (TPSA) is 70.4 Å². The molecule has 1 aliphatic carbocycles. The van der Waals surface area contributed by atoms with Gasteiger partial charge in [0.1, 0.15) is 0 Å². The average molecular weight is 300 g/mol. The Hall–Kier alpha value is -1.75. The van der Waals surface area contributed by atoms with Crippen molar-refractivity contribution in [3.05, 3.63) is 17.7 Å². The molecule has 1 aromatic rings. The number of piperidine rings is 1. The molecular weight excluding hydrogens is 276 g/mol. The van der Waals surface area contributed by atoms with Crippen molar-refractivity contribution in [1.82, 2.24) is 4.90 Å². The van der Waals surface area contributed by atoms with Gasteiger partial charge < -0.3 is 21.3 Å². The summed E-state index contributed by atoms with van der Waals surface area (Å²) in [6.45, 7) is 2.22. The summed E-state index contributed by atoms with van der Waals surface area (Å²) in [5, 5.41) is 6.74. The van der Waals surface area contributed by atoms with Gasteiger partial charge in [-0.25, -0.2) is 0 Å². The standard InChI is InChI=1S/C17H24N4O/c1-21-7-3-12(4-8-21)19-14-10-11(18)9-13-15(14)20-16(22)17(13)5-2-6-17/h9-10,12,19H,2-8,18H2,1H3,(H,20,22). The van der Waals surface area contributed by atoms with E-state index in [0.29, 0.717) is 6.04 Å². The number of nitrogens with zero attached hydrogens (tertiary/aromatic N) is 1. The summed E-state index contributed by atoms with van der Waals surface area (Å²) in [7, 11) is 2.16.